The van der Waals surface area contributed by atoms with E-state index >= 15 is 0 Å². The third-order valence-electron chi connectivity index (χ3n) is 5.37. The molecular weight excluding hydrogens is 392 g/mol. The van der Waals surface area contributed by atoms with E-state index in [1.807, 2.05) is 36.4 Å². The lowest BCUT2D eigenvalue weighted by Crippen LogP contribution is -2.07. The van der Waals surface area contributed by atoms with Gasteiger partial charge in [0, 0.05) is 35.9 Å². The Morgan fingerprint density at radius 2 is 1.87 bits per heavy atom. The summed E-state index contributed by atoms with van der Waals surface area (Å²) in [4.78, 5) is 12.4. The molecule has 0 saturated heterocycles. The highest BCUT2D eigenvalue weighted by Gasteiger charge is 2.15. The smallest absolute Gasteiger partial charge is 0.248 e. The lowest BCUT2D eigenvalue weighted by Gasteiger charge is -2.08. The number of methoxy groups -OCH3 is 2. The van der Waals surface area contributed by atoms with Gasteiger partial charge in [0.2, 0.25) is 5.91 Å². The van der Waals surface area contributed by atoms with Crippen LogP contribution in [0.4, 0.5) is 5.69 Å². The van der Waals surface area contributed by atoms with Crippen LogP contribution in [-0.2, 0) is 17.8 Å². The molecule has 7 heteroatoms. The highest BCUT2D eigenvalue weighted by molar-refractivity contribution is 6.02. The van der Waals surface area contributed by atoms with Crippen LogP contribution in [0, 0.1) is 0 Å². The fourth-order valence-corrected chi connectivity index (χ4v) is 3.72. The summed E-state index contributed by atoms with van der Waals surface area (Å²) < 4.78 is 12.8. The largest absolute Gasteiger partial charge is 0.497 e. The number of fused-ring (bicyclic) bond motifs is 1. The van der Waals surface area contributed by atoms with Crippen LogP contribution in [0.1, 0.15) is 30.7 Å². The zero-order chi connectivity index (χ0) is 21.6. The molecule has 0 fully saturated rings. The SMILES string of the molecule is COc1ccc(OC)c(/C=C/C(=O)Nc2ccc(-c3nnc4n3CCCCC4)cc2)c1. The zero-order valence-electron chi connectivity index (χ0n) is 17.8. The molecule has 160 valence electrons. The van der Waals surface area contributed by atoms with E-state index in [0.29, 0.717) is 17.2 Å². The van der Waals surface area contributed by atoms with Crippen LogP contribution in [0.3, 0.4) is 0 Å². The molecule has 1 amide bonds. The van der Waals surface area contributed by atoms with Crippen molar-refractivity contribution < 1.29 is 14.3 Å². The number of rotatable bonds is 6. The first-order valence-electron chi connectivity index (χ1n) is 10.4. The van der Waals surface area contributed by atoms with Gasteiger partial charge in [0.25, 0.3) is 0 Å². The topological polar surface area (TPSA) is 78.3 Å². The molecule has 0 unspecified atom stereocenters. The first-order valence-corrected chi connectivity index (χ1v) is 10.4. The number of aryl methyl sites for hydroxylation is 1. The standard InChI is InChI=1S/C24H26N4O3/c1-30-20-12-13-21(31-2)18(16-20)9-14-23(29)25-19-10-7-17(8-11-19)24-27-26-22-6-4-3-5-15-28(22)24/h7-14,16H,3-6,15H2,1-2H3,(H,25,29)/b14-9+. The first kappa shape index (κ1) is 20.7. The number of aromatic nitrogens is 3. The Kier molecular flexibility index (Phi) is 6.31. The summed E-state index contributed by atoms with van der Waals surface area (Å²) in [5.74, 6) is 3.08. The van der Waals surface area contributed by atoms with E-state index in [-0.39, 0.29) is 5.91 Å². The fraction of sp³-hybridized carbons (Fsp3) is 0.292. The van der Waals surface area contributed by atoms with E-state index in [9.17, 15) is 4.79 Å². The summed E-state index contributed by atoms with van der Waals surface area (Å²) in [5, 5.41) is 11.6. The van der Waals surface area contributed by atoms with Gasteiger partial charge in [0.1, 0.15) is 17.3 Å². The van der Waals surface area contributed by atoms with E-state index in [1.54, 1.807) is 26.4 Å². The number of hydrogen-bond acceptors (Lipinski definition) is 5. The number of nitrogens with one attached hydrogen (secondary N) is 1. The average molecular weight is 418 g/mol. The second-order valence-corrected chi connectivity index (χ2v) is 7.41. The van der Waals surface area contributed by atoms with Crippen molar-refractivity contribution in [2.24, 2.45) is 0 Å². The van der Waals surface area contributed by atoms with Crippen molar-refractivity contribution in [3.63, 3.8) is 0 Å². The minimum atomic E-state index is -0.228. The molecule has 1 aliphatic heterocycles. The van der Waals surface area contributed by atoms with Crippen LogP contribution in [0.25, 0.3) is 17.5 Å². The predicted octanol–water partition coefficient (Wildman–Crippen LogP) is 4.34. The summed E-state index contributed by atoms with van der Waals surface area (Å²) in [6.07, 6.45) is 7.70. The van der Waals surface area contributed by atoms with Crippen LogP contribution in [0.5, 0.6) is 11.5 Å². The van der Waals surface area contributed by atoms with Gasteiger partial charge in [-0.3, -0.25) is 4.79 Å². The van der Waals surface area contributed by atoms with Gasteiger partial charge in [-0.05, 0) is 61.4 Å². The van der Waals surface area contributed by atoms with E-state index < -0.39 is 0 Å². The van der Waals surface area contributed by atoms with Gasteiger partial charge < -0.3 is 19.4 Å². The minimum Gasteiger partial charge on any atom is -0.497 e. The third-order valence-corrected chi connectivity index (χ3v) is 5.37. The molecule has 2 heterocycles. The number of anilines is 1. The Bertz CT molecular complexity index is 1090. The van der Waals surface area contributed by atoms with Gasteiger partial charge in [-0.15, -0.1) is 10.2 Å². The number of amides is 1. The van der Waals surface area contributed by atoms with Gasteiger partial charge in [-0.1, -0.05) is 6.42 Å². The molecular formula is C24H26N4O3. The van der Waals surface area contributed by atoms with Gasteiger partial charge in [-0.2, -0.15) is 0 Å². The molecule has 1 aromatic heterocycles. The summed E-state index contributed by atoms with van der Waals surface area (Å²) in [6, 6.07) is 13.1. The first-order chi connectivity index (χ1) is 15.2. The molecule has 0 spiro atoms. The molecule has 1 aliphatic rings. The van der Waals surface area contributed by atoms with Crippen molar-refractivity contribution in [2.75, 3.05) is 19.5 Å². The van der Waals surface area contributed by atoms with E-state index in [4.69, 9.17) is 9.47 Å². The Morgan fingerprint density at radius 3 is 2.65 bits per heavy atom. The molecule has 0 saturated carbocycles. The number of hydrogen-bond donors (Lipinski definition) is 1. The van der Waals surface area contributed by atoms with Crippen molar-refractivity contribution in [1.82, 2.24) is 14.8 Å². The molecule has 2 aromatic carbocycles. The Hall–Kier alpha value is -3.61. The van der Waals surface area contributed by atoms with E-state index in [2.05, 4.69) is 20.1 Å². The van der Waals surface area contributed by atoms with Gasteiger partial charge in [-0.25, -0.2) is 0 Å². The normalized spacial score (nSPS) is 13.5. The summed E-state index contributed by atoms with van der Waals surface area (Å²) in [6.45, 7) is 0.953. The lowest BCUT2D eigenvalue weighted by molar-refractivity contribution is -0.111. The van der Waals surface area contributed by atoms with Gasteiger partial charge >= 0.3 is 0 Å². The van der Waals surface area contributed by atoms with Crippen molar-refractivity contribution in [2.45, 2.75) is 32.2 Å². The molecule has 0 atom stereocenters. The monoisotopic (exact) mass is 418 g/mol. The number of benzene rings is 2. The van der Waals surface area contributed by atoms with Crippen LogP contribution in [-0.4, -0.2) is 34.9 Å². The Labute approximate surface area is 181 Å². The molecule has 0 radical (unpaired) electrons. The van der Waals surface area contributed by atoms with E-state index in [1.165, 1.54) is 12.5 Å². The van der Waals surface area contributed by atoms with Crippen LogP contribution in [0.15, 0.2) is 48.5 Å². The van der Waals surface area contributed by atoms with Gasteiger partial charge in [0.15, 0.2) is 5.82 Å². The molecule has 4 rings (SSSR count). The number of carbonyl (C=O) groups is 1. The maximum absolute atomic E-state index is 12.4. The molecule has 0 bridgehead atoms. The molecule has 0 aliphatic carbocycles. The summed E-state index contributed by atoms with van der Waals surface area (Å²) in [5.41, 5.74) is 2.47. The Morgan fingerprint density at radius 1 is 1.03 bits per heavy atom. The summed E-state index contributed by atoms with van der Waals surface area (Å²) >= 11 is 0. The van der Waals surface area contributed by atoms with Crippen LogP contribution >= 0.6 is 0 Å². The fourth-order valence-electron chi connectivity index (χ4n) is 3.72. The maximum Gasteiger partial charge on any atom is 0.248 e. The van der Waals surface area contributed by atoms with Crippen LogP contribution in [0.2, 0.25) is 0 Å². The molecule has 3 aromatic rings. The maximum atomic E-state index is 12.4. The number of ether oxygens (including phenoxy) is 2. The van der Waals surface area contributed by atoms with Gasteiger partial charge in [0.05, 0.1) is 14.2 Å². The second-order valence-electron chi connectivity index (χ2n) is 7.41. The Balaban J connectivity index is 1.44. The van der Waals surface area contributed by atoms with Crippen molar-refractivity contribution in [3.8, 4) is 22.9 Å². The average Bonchev–Trinajstić information content (AvgIpc) is 3.05. The highest BCUT2D eigenvalue weighted by Crippen LogP contribution is 2.26. The second kappa shape index (κ2) is 9.47. The predicted molar refractivity (Wildman–Crippen MR) is 120 cm³/mol. The van der Waals surface area contributed by atoms with Crippen molar-refractivity contribution >= 4 is 17.7 Å². The minimum absolute atomic E-state index is 0.228. The van der Waals surface area contributed by atoms with E-state index in [0.717, 1.165) is 48.6 Å². The molecule has 1 N–H and O–H groups in total. The number of nitrogens with zero attached hydrogens (tertiary/aromatic N) is 3. The third kappa shape index (κ3) is 4.77. The van der Waals surface area contributed by atoms with Crippen molar-refractivity contribution in [3.05, 3.63) is 59.9 Å². The zero-order valence-corrected chi connectivity index (χ0v) is 17.8. The molecule has 7 nitrogen and oxygen atoms in total. The number of carbonyl (C=O) groups excluding carboxylic acids is 1. The summed E-state index contributed by atoms with van der Waals surface area (Å²) in [7, 11) is 3.19. The quantitative estimate of drug-likeness (QED) is 0.603. The highest BCUT2D eigenvalue weighted by atomic mass is 16.5. The molecule has 31 heavy (non-hydrogen) atoms. The van der Waals surface area contributed by atoms with Crippen molar-refractivity contribution in [1.29, 1.82) is 0 Å². The van der Waals surface area contributed by atoms with Crippen LogP contribution < -0.4 is 14.8 Å². The lowest BCUT2D eigenvalue weighted by atomic mass is 10.1.